The van der Waals surface area contributed by atoms with E-state index in [1.807, 2.05) is 0 Å². The fraction of sp³-hybridized carbons (Fsp3) is 0.125. The van der Waals surface area contributed by atoms with E-state index < -0.39 is 24.5 Å². The number of rotatable bonds is 7. The Bertz CT molecular complexity index is 1100. The number of amides is 1. The van der Waals surface area contributed by atoms with Crippen LogP contribution in [0.4, 0.5) is 0 Å². The molecule has 3 aromatic carbocycles. The van der Waals surface area contributed by atoms with Crippen molar-refractivity contribution in [3.63, 3.8) is 0 Å². The molecule has 0 unspecified atom stereocenters. The summed E-state index contributed by atoms with van der Waals surface area (Å²) in [6, 6.07) is 22.1. The molecule has 7 heteroatoms. The highest BCUT2D eigenvalue weighted by Gasteiger charge is 2.26. The quantitative estimate of drug-likeness (QED) is 0.469. The summed E-state index contributed by atoms with van der Waals surface area (Å²) in [5, 5.41) is 2.50. The summed E-state index contributed by atoms with van der Waals surface area (Å²) in [6.45, 7) is -0.290. The number of Topliss-reactive ketones (excluding diaryl/α,β-unsaturated/α-hetero) is 1. The van der Waals surface area contributed by atoms with Crippen LogP contribution in [0.3, 0.4) is 0 Å². The Morgan fingerprint density at radius 2 is 1.52 bits per heavy atom. The summed E-state index contributed by atoms with van der Waals surface area (Å²) in [6.07, 6.45) is -1.11. The summed E-state index contributed by atoms with van der Waals surface area (Å²) in [4.78, 5) is 37.8. The van der Waals surface area contributed by atoms with Gasteiger partial charge < -0.3 is 19.5 Å². The molecule has 0 aliphatic carbocycles. The summed E-state index contributed by atoms with van der Waals surface area (Å²) in [7, 11) is 0. The van der Waals surface area contributed by atoms with E-state index >= 15 is 0 Å². The topological polar surface area (TPSA) is 90.9 Å². The standard InChI is InChI=1S/C24H19NO6/c26-21(14-25-24(28)18-11-12-19-20(13-18)30-15-29-19)31-23(17-9-5-2-6-10-17)22(27)16-7-3-1-4-8-16/h1-13,23H,14-15H2,(H,25,28)/t23-/m0/s1. The Labute approximate surface area is 178 Å². The van der Waals surface area contributed by atoms with Crippen LogP contribution in [0.2, 0.25) is 0 Å². The molecule has 7 nitrogen and oxygen atoms in total. The van der Waals surface area contributed by atoms with E-state index in [1.165, 1.54) is 6.07 Å². The summed E-state index contributed by atoms with van der Waals surface area (Å²) < 4.78 is 15.9. The minimum absolute atomic E-state index is 0.100. The normalized spacial score (nSPS) is 12.6. The van der Waals surface area contributed by atoms with Crippen molar-refractivity contribution >= 4 is 17.7 Å². The van der Waals surface area contributed by atoms with Crippen LogP contribution in [-0.2, 0) is 9.53 Å². The number of carbonyl (C=O) groups is 3. The van der Waals surface area contributed by atoms with Gasteiger partial charge in [-0.3, -0.25) is 14.4 Å². The van der Waals surface area contributed by atoms with Gasteiger partial charge in [0.1, 0.15) is 6.54 Å². The van der Waals surface area contributed by atoms with Crippen LogP contribution in [0.15, 0.2) is 78.9 Å². The predicted molar refractivity (Wildman–Crippen MR) is 111 cm³/mol. The van der Waals surface area contributed by atoms with Crippen LogP contribution in [0.5, 0.6) is 11.5 Å². The number of benzene rings is 3. The Morgan fingerprint density at radius 1 is 0.839 bits per heavy atom. The van der Waals surface area contributed by atoms with Crippen LogP contribution in [0.25, 0.3) is 0 Å². The number of esters is 1. The van der Waals surface area contributed by atoms with Gasteiger partial charge in [-0.05, 0) is 18.2 Å². The first-order chi connectivity index (χ1) is 15.1. The third kappa shape index (κ3) is 4.72. The first-order valence-electron chi connectivity index (χ1n) is 9.63. The predicted octanol–water partition coefficient (Wildman–Crippen LogP) is 3.31. The summed E-state index contributed by atoms with van der Waals surface area (Å²) in [5.41, 5.74) is 1.29. The van der Waals surface area contributed by atoms with Gasteiger partial charge in [-0.25, -0.2) is 0 Å². The van der Waals surface area contributed by atoms with E-state index in [2.05, 4.69) is 5.32 Å². The smallest absolute Gasteiger partial charge is 0.326 e. The van der Waals surface area contributed by atoms with Gasteiger partial charge in [0.15, 0.2) is 17.6 Å². The number of carbonyl (C=O) groups excluding carboxylic acids is 3. The van der Waals surface area contributed by atoms with Crippen molar-refractivity contribution in [2.75, 3.05) is 13.3 Å². The molecule has 1 N–H and O–H groups in total. The zero-order valence-electron chi connectivity index (χ0n) is 16.4. The second-order valence-electron chi connectivity index (χ2n) is 6.76. The maximum atomic E-state index is 13.0. The molecule has 0 bridgehead atoms. The molecular weight excluding hydrogens is 398 g/mol. The van der Waals surface area contributed by atoms with Crippen LogP contribution >= 0.6 is 0 Å². The molecule has 0 saturated heterocycles. The molecule has 1 atom stereocenters. The largest absolute Gasteiger partial charge is 0.454 e. The number of ketones is 1. The maximum absolute atomic E-state index is 13.0. The van der Waals surface area contributed by atoms with Crippen molar-refractivity contribution in [1.82, 2.24) is 5.32 Å². The highest BCUT2D eigenvalue weighted by atomic mass is 16.7. The van der Waals surface area contributed by atoms with Gasteiger partial charge in [-0.2, -0.15) is 0 Å². The van der Waals surface area contributed by atoms with E-state index in [-0.39, 0.29) is 12.6 Å². The number of fused-ring (bicyclic) bond motifs is 1. The van der Waals surface area contributed by atoms with Crippen LogP contribution in [0.1, 0.15) is 32.4 Å². The average molecular weight is 417 g/mol. The summed E-state index contributed by atoms with van der Waals surface area (Å²) in [5.74, 6) is -0.524. The van der Waals surface area contributed by atoms with Crippen molar-refractivity contribution < 1.29 is 28.6 Å². The molecule has 0 spiro atoms. The van der Waals surface area contributed by atoms with Crippen molar-refractivity contribution in [3.05, 3.63) is 95.6 Å². The van der Waals surface area contributed by atoms with Crippen LogP contribution in [-0.4, -0.2) is 31.0 Å². The maximum Gasteiger partial charge on any atom is 0.326 e. The Kier molecular flexibility index (Phi) is 5.93. The lowest BCUT2D eigenvalue weighted by molar-refractivity contribution is -0.146. The van der Waals surface area contributed by atoms with Gasteiger partial charge in [0.25, 0.3) is 5.91 Å². The SMILES string of the molecule is O=C(CNC(=O)c1ccc2c(c1)OCO2)O[C@H](C(=O)c1ccccc1)c1ccccc1. The molecule has 0 aromatic heterocycles. The third-order valence-corrected chi connectivity index (χ3v) is 4.68. The van der Waals surface area contributed by atoms with Crippen LogP contribution < -0.4 is 14.8 Å². The molecule has 1 heterocycles. The lowest BCUT2D eigenvalue weighted by atomic mass is 10.00. The first-order valence-corrected chi connectivity index (χ1v) is 9.63. The zero-order chi connectivity index (χ0) is 21.6. The Morgan fingerprint density at radius 3 is 2.26 bits per heavy atom. The lowest BCUT2D eigenvalue weighted by Gasteiger charge is -2.17. The second-order valence-corrected chi connectivity index (χ2v) is 6.76. The Hall–Kier alpha value is -4.13. The molecule has 156 valence electrons. The van der Waals surface area contributed by atoms with E-state index in [9.17, 15) is 14.4 Å². The zero-order valence-corrected chi connectivity index (χ0v) is 16.4. The molecule has 1 aliphatic rings. The number of ether oxygens (including phenoxy) is 3. The fourth-order valence-electron chi connectivity index (χ4n) is 3.12. The van der Waals surface area contributed by atoms with E-state index in [4.69, 9.17) is 14.2 Å². The van der Waals surface area contributed by atoms with Crippen molar-refractivity contribution in [1.29, 1.82) is 0 Å². The molecular formula is C24H19NO6. The van der Waals surface area contributed by atoms with Gasteiger partial charge in [0, 0.05) is 16.7 Å². The molecule has 0 saturated carbocycles. The highest BCUT2D eigenvalue weighted by Crippen LogP contribution is 2.32. The second kappa shape index (κ2) is 9.13. The van der Waals surface area contributed by atoms with E-state index in [1.54, 1.807) is 72.8 Å². The van der Waals surface area contributed by atoms with Crippen molar-refractivity contribution in [2.45, 2.75) is 6.10 Å². The minimum atomic E-state index is -1.11. The molecule has 0 radical (unpaired) electrons. The number of hydrogen-bond acceptors (Lipinski definition) is 6. The van der Waals surface area contributed by atoms with Crippen molar-refractivity contribution in [3.8, 4) is 11.5 Å². The molecule has 31 heavy (non-hydrogen) atoms. The summed E-state index contributed by atoms with van der Waals surface area (Å²) >= 11 is 0. The van der Waals surface area contributed by atoms with Gasteiger partial charge in [-0.15, -0.1) is 0 Å². The number of hydrogen-bond donors (Lipinski definition) is 1. The molecule has 3 aromatic rings. The van der Waals surface area contributed by atoms with E-state index in [0.29, 0.717) is 28.2 Å². The van der Waals surface area contributed by atoms with Gasteiger partial charge in [0.05, 0.1) is 0 Å². The first kappa shape index (κ1) is 20.2. The number of nitrogens with one attached hydrogen (secondary N) is 1. The minimum Gasteiger partial charge on any atom is -0.454 e. The molecule has 0 fully saturated rings. The molecule has 1 amide bonds. The van der Waals surface area contributed by atoms with Gasteiger partial charge in [-0.1, -0.05) is 60.7 Å². The highest BCUT2D eigenvalue weighted by molar-refractivity contribution is 6.01. The average Bonchev–Trinajstić information content (AvgIpc) is 3.29. The third-order valence-electron chi connectivity index (χ3n) is 4.68. The Balaban J connectivity index is 1.43. The molecule has 1 aliphatic heterocycles. The fourth-order valence-corrected chi connectivity index (χ4v) is 3.12. The molecule has 4 rings (SSSR count). The van der Waals surface area contributed by atoms with Gasteiger partial charge >= 0.3 is 5.97 Å². The van der Waals surface area contributed by atoms with Crippen LogP contribution in [0, 0.1) is 0 Å². The van der Waals surface area contributed by atoms with E-state index in [0.717, 1.165) is 0 Å². The lowest BCUT2D eigenvalue weighted by Crippen LogP contribution is -2.32. The van der Waals surface area contributed by atoms with Crippen molar-refractivity contribution in [2.24, 2.45) is 0 Å². The van der Waals surface area contributed by atoms with Gasteiger partial charge in [0.2, 0.25) is 12.6 Å². The monoisotopic (exact) mass is 417 g/mol.